The van der Waals surface area contributed by atoms with Crippen LogP contribution in [-0.2, 0) is 21.4 Å². The molecule has 4 atom stereocenters. The van der Waals surface area contributed by atoms with E-state index < -0.39 is 52.8 Å². The largest absolute Gasteiger partial charge is 0.469 e. The number of para-hydroxylation sites is 1. The van der Waals surface area contributed by atoms with Crippen LogP contribution in [0.1, 0.15) is 87.0 Å². The molecule has 0 fully saturated rings. The minimum atomic E-state index is -4.64. The Balaban J connectivity index is 1.46. The zero-order chi connectivity index (χ0) is 34.2. The average molecular weight is 663 g/mol. The van der Waals surface area contributed by atoms with Crippen molar-refractivity contribution in [3.63, 3.8) is 0 Å². The van der Waals surface area contributed by atoms with Gasteiger partial charge in [-0.3, -0.25) is 14.6 Å². The average Bonchev–Trinajstić information content (AvgIpc) is 3.83. The molecule has 2 unspecified atom stereocenters. The maximum absolute atomic E-state index is 14.1. The first-order valence-electron chi connectivity index (χ1n) is 16.4. The number of amides is 1. The molecule has 1 aromatic heterocycles. The van der Waals surface area contributed by atoms with Crippen molar-refractivity contribution in [1.82, 2.24) is 10.3 Å². The molecule has 9 nitrogen and oxygen atoms in total. The SMILES string of the molecule is CCC(O)(CC)C(=O)CC1Cc2ccc3c(c2)C2(c4ccccc4N[C@H]2O3)c2oc(nc2C2=CC(C(F)(F)F)=NC2)[C@H](C(C)C)NC1=O. The highest BCUT2D eigenvalue weighted by atomic mass is 19.4. The molecule has 4 aliphatic heterocycles. The van der Waals surface area contributed by atoms with Gasteiger partial charge >= 0.3 is 6.18 Å². The Morgan fingerprint density at radius 3 is 2.54 bits per heavy atom. The van der Waals surface area contributed by atoms with Crippen LogP contribution in [0.15, 0.2) is 58.0 Å². The van der Waals surface area contributed by atoms with Gasteiger partial charge in [0.15, 0.2) is 17.8 Å². The molecular weight excluding hydrogens is 625 g/mol. The van der Waals surface area contributed by atoms with Crippen molar-refractivity contribution < 1.29 is 37.0 Å². The minimum Gasteiger partial charge on any atom is -0.469 e. The Hall–Kier alpha value is -4.45. The predicted octanol–water partition coefficient (Wildman–Crippen LogP) is 6.05. The summed E-state index contributed by atoms with van der Waals surface area (Å²) in [4.78, 5) is 36.2. The third-order valence-electron chi connectivity index (χ3n) is 10.3. The van der Waals surface area contributed by atoms with Crippen molar-refractivity contribution >= 4 is 28.7 Å². The molecule has 1 spiro atoms. The number of Topliss-reactive ketones (excluding diaryl/α,β-unsaturated/α-hetero) is 1. The first kappa shape index (κ1) is 32.1. The number of aromatic nitrogens is 1. The fraction of sp³-hybridized carbons (Fsp3) is 0.444. The van der Waals surface area contributed by atoms with E-state index in [0.29, 0.717) is 17.1 Å². The van der Waals surface area contributed by atoms with Crippen LogP contribution >= 0.6 is 0 Å². The lowest BCUT2D eigenvalue weighted by atomic mass is 9.72. The van der Waals surface area contributed by atoms with Crippen LogP contribution in [0.4, 0.5) is 18.9 Å². The number of hydrogen-bond acceptors (Lipinski definition) is 8. The summed E-state index contributed by atoms with van der Waals surface area (Å²) in [7, 11) is 0. The van der Waals surface area contributed by atoms with Crippen LogP contribution in [-0.4, -0.2) is 52.0 Å². The lowest BCUT2D eigenvalue weighted by Gasteiger charge is -2.29. The van der Waals surface area contributed by atoms with Crippen LogP contribution in [0.3, 0.4) is 0 Å². The molecule has 7 rings (SSSR count). The summed E-state index contributed by atoms with van der Waals surface area (Å²) in [6.45, 7) is 6.97. The summed E-state index contributed by atoms with van der Waals surface area (Å²) in [5.41, 5.74) is -0.248. The number of fused-ring (bicyclic) bond motifs is 4. The molecule has 0 saturated carbocycles. The fourth-order valence-electron chi connectivity index (χ4n) is 7.43. The molecule has 252 valence electrons. The van der Waals surface area contributed by atoms with Crippen molar-refractivity contribution in [2.75, 3.05) is 11.9 Å². The quantitative estimate of drug-likeness (QED) is 0.281. The number of rotatable bonds is 7. The first-order valence-corrected chi connectivity index (χ1v) is 16.4. The van der Waals surface area contributed by atoms with Gasteiger partial charge in [-0.25, -0.2) is 4.98 Å². The molecule has 3 aromatic rings. The van der Waals surface area contributed by atoms with E-state index in [9.17, 15) is 27.9 Å². The number of aliphatic imine (C=N–C) groups is 1. The summed E-state index contributed by atoms with van der Waals surface area (Å²) < 4.78 is 54.6. The van der Waals surface area contributed by atoms with Crippen molar-refractivity contribution in [1.29, 1.82) is 0 Å². The summed E-state index contributed by atoms with van der Waals surface area (Å²) in [5.74, 6) is -0.962. The number of carbonyl (C=O) groups is 2. The van der Waals surface area contributed by atoms with E-state index in [1.807, 2.05) is 50.2 Å². The molecular formula is C36H37F3N4O5. The number of alkyl halides is 3. The van der Waals surface area contributed by atoms with Gasteiger partial charge in [0, 0.05) is 29.2 Å². The van der Waals surface area contributed by atoms with Gasteiger partial charge in [0.2, 0.25) is 11.8 Å². The highest BCUT2D eigenvalue weighted by Crippen LogP contribution is 2.59. The highest BCUT2D eigenvalue weighted by Gasteiger charge is 2.61. The molecule has 0 saturated heterocycles. The Morgan fingerprint density at radius 1 is 1.10 bits per heavy atom. The number of carbonyl (C=O) groups excluding carboxylic acids is 2. The molecule has 12 heteroatoms. The van der Waals surface area contributed by atoms with Crippen LogP contribution in [0.25, 0.3) is 5.57 Å². The Labute approximate surface area is 275 Å². The monoisotopic (exact) mass is 662 g/mol. The topological polar surface area (TPSA) is 126 Å². The number of ether oxygens (including phenoxy) is 1. The van der Waals surface area contributed by atoms with E-state index in [0.717, 1.165) is 22.9 Å². The molecule has 4 bridgehead atoms. The van der Waals surface area contributed by atoms with E-state index >= 15 is 0 Å². The van der Waals surface area contributed by atoms with Gasteiger partial charge < -0.3 is 24.9 Å². The molecule has 1 amide bonds. The summed E-state index contributed by atoms with van der Waals surface area (Å²) in [6, 6.07) is 12.4. The second-order valence-electron chi connectivity index (χ2n) is 13.4. The van der Waals surface area contributed by atoms with Gasteiger partial charge in [0.05, 0.1) is 6.54 Å². The van der Waals surface area contributed by atoms with E-state index in [4.69, 9.17) is 14.1 Å². The first-order chi connectivity index (χ1) is 22.8. The molecule has 0 aliphatic carbocycles. The number of hydrogen-bond donors (Lipinski definition) is 3. The number of nitrogens with zero attached hydrogens (tertiary/aromatic N) is 2. The molecule has 4 aliphatic rings. The lowest BCUT2D eigenvalue weighted by Crippen LogP contribution is -2.43. The summed E-state index contributed by atoms with van der Waals surface area (Å²) in [5, 5.41) is 17.5. The Morgan fingerprint density at radius 2 is 1.85 bits per heavy atom. The Bertz CT molecular complexity index is 1870. The van der Waals surface area contributed by atoms with E-state index in [1.54, 1.807) is 19.9 Å². The number of allylic oxidation sites excluding steroid dienone is 1. The van der Waals surface area contributed by atoms with E-state index in [1.165, 1.54) is 0 Å². The molecule has 48 heavy (non-hydrogen) atoms. The number of ketones is 1. The standard InChI is InChI=1S/C36H37F3N4O5/c1-5-34(46,6-2)27(44)16-20-13-19-11-12-25-23(14-19)35(22-9-7-8-10-24(22)41-33(35)47-25)30-29(21-15-26(40-17-21)36(37,38)39)43-32(48-30)28(18(3)4)42-31(20)45/h7-12,14-15,18,20,28,33,41,46H,5-6,13,16-17H2,1-4H3,(H,42,45)/t20?,28-,33-,35?/m0/s1. The highest BCUT2D eigenvalue weighted by molar-refractivity contribution is 6.08. The van der Waals surface area contributed by atoms with Gasteiger partial charge in [0.25, 0.3) is 0 Å². The molecule has 2 aromatic carbocycles. The predicted molar refractivity (Wildman–Crippen MR) is 172 cm³/mol. The zero-order valence-corrected chi connectivity index (χ0v) is 27.1. The number of nitrogens with one attached hydrogen (secondary N) is 2. The maximum Gasteiger partial charge on any atom is 0.432 e. The van der Waals surface area contributed by atoms with Crippen LogP contribution in [0.2, 0.25) is 0 Å². The number of aliphatic hydroxyl groups is 1. The van der Waals surface area contributed by atoms with E-state index in [-0.39, 0.29) is 55.3 Å². The van der Waals surface area contributed by atoms with Gasteiger partial charge in [-0.1, -0.05) is 58.0 Å². The number of benzene rings is 2. The smallest absolute Gasteiger partial charge is 0.432 e. The third kappa shape index (κ3) is 4.86. The second kappa shape index (κ2) is 11.3. The molecule has 3 N–H and O–H groups in total. The summed E-state index contributed by atoms with van der Waals surface area (Å²) >= 11 is 0. The fourth-order valence-corrected chi connectivity index (χ4v) is 7.43. The Kier molecular flexibility index (Phi) is 7.57. The van der Waals surface area contributed by atoms with Crippen molar-refractivity contribution in [2.45, 2.75) is 82.8 Å². The number of halogens is 3. The van der Waals surface area contributed by atoms with Gasteiger partial charge in [-0.15, -0.1) is 0 Å². The lowest BCUT2D eigenvalue weighted by molar-refractivity contribution is -0.141. The van der Waals surface area contributed by atoms with Crippen molar-refractivity contribution in [3.05, 3.63) is 82.6 Å². The van der Waals surface area contributed by atoms with Gasteiger partial charge in [-0.05, 0) is 54.5 Å². The van der Waals surface area contributed by atoms with Crippen LogP contribution in [0.5, 0.6) is 5.75 Å². The molecule has 5 heterocycles. The normalized spacial score (nSPS) is 24.4. The number of oxazole rings is 1. The van der Waals surface area contributed by atoms with E-state index in [2.05, 4.69) is 15.6 Å². The van der Waals surface area contributed by atoms with Crippen molar-refractivity contribution in [2.24, 2.45) is 16.8 Å². The third-order valence-corrected chi connectivity index (χ3v) is 10.3. The maximum atomic E-state index is 14.1. The second-order valence-corrected chi connectivity index (χ2v) is 13.4. The van der Waals surface area contributed by atoms with Crippen LogP contribution < -0.4 is 15.4 Å². The van der Waals surface area contributed by atoms with Crippen LogP contribution in [0, 0.1) is 11.8 Å². The van der Waals surface area contributed by atoms with Gasteiger partial charge in [0.1, 0.15) is 34.2 Å². The number of anilines is 1. The van der Waals surface area contributed by atoms with Gasteiger partial charge in [-0.2, -0.15) is 13.2 Å². The minimum absolute atomic E-state index is 0.121. The van der Waals surface area contributed by atoms with Crippen molar-refractivity contribution in [3.8, 4) is 5.75 Å². The zero-order valence-electron chi connectivity index (χ0n) is 27.1. The summed E-state index contributed by atoms with van der Waals surface area (Å²) in [6.07, 6.45) is -3.92. The molecule has 0 radical (unpaired) electrons.